The maximum atomic E-state index is 9.62. The molecule has 0 aromatic heterocycles. The fourth-order valence-corrected chi connectivity index (χ4v) is 0.236. The molecule has 0 aliphatic carbocycles. The number of aliphatic carboxylic acids is 1. The predicted octanol–water partition coefficient (Wildman–Crippen LogP) is -3.29. The molecule has 0 radical (unpaired) electrons. The topological polar surface area (TPSA) is 40.1 Å². The van der Waals surface area contributed by atoms with Crippen molar-refractivity contribution in [1.82, 2.24) is 0 Å². The molecule has 8 heavy (non-hydrogen) atoms. The number of carboxylic acid groups (broad SMARTS) is 1. The molecule has 0 spiro atoms. The third-order valence-electron chi connectivity index (χ3n) is 0.407. The zero-order chi connectivity index (χ0) is 5.86. The van der Waals surface area contributed by atoms with Crippen molar-refractivity contribution in [2.75, 3.05) is 0 Å². The van der Waals surface area contributed by atoms with Crippen LogP contribution in [-0.2, 0) is 4.79 Å². The third-order valence-corrected chi connectivity index (χ3v) is 0.407. The van der Waals surface area contributed by atoms with Crippen molar-refractivity contribution in [3.05, 3.63) is 11.6 Å². The molecule has 40 valence electrons. The van der Waals surface area contributed by atoms with Crippen molar-refractivity contribution in [1.29, 1.82) is 0 Å². The van der Waals surface area contributed by atoms with E-state index in [4.69, 9.17) is 0 Å². The molecule has 0 saturated carbocycles. The number of allylic oxidation sites excluding steroid dienone is 1. The van der Waals surface area contributed by atoms with Crippen LogP contribution >= 0.6 is 0 Å². The molecule has 0 rings (SSSR count). The first kappa shape index (κ1) is 11.6. The second kappa shape index (κ2) is 5.97. The fraction of sp³-hybridized carbons (Fsp3) is 0.400. The van der Waals surface area contributed by atoms with E-state index < -0.39 is 5.97 Å². The summed E-state index contributed by atoms with van der Waals surface area (Å²) in [6.07, 6.45) is 1.06. The zero-order valence-electron chi connectivity index (χ0n) is 5.39. The Morgan fingerprint density at radius 1 is 1.50 bits per heavy atom. The molecule has 0 N–H and O–H groups in total. The summed E-state index contributed by atoms with van der Waals surface area (Å²) in [7, 11) is 0. The smallest absolute Gasteiger partial charge is 0.545 e. The van der Waals surface area contributed by atoms with Gasteiger partial charge in [0.2, 0.25) is 0 Å². The van der Waals surface area contributed by atoms with Gasteiger partial charge in [0.05, 0.1) is 5.97 Å². The first-order valence-electron chi connectivity index (χ1n) is 1.99. The molecule has 0 unspecified atom stereocenters. The normalized spacial score (nSPS) is 6.75. The van der Waals surface area contributed by atoms with Crippen LogP contribution in [0.2, 0.25) is 0 Å². The van der Waals surface area contributed by atoms with Crippen molar-refractivity contribution in [3.8, 4) is 0 Å². The number of hydrogen-bond acceptors (Lipinski definition) is 2. The van der Waals surface area contributed by atoms with Gasteiger partial charge >= 0.3 is 51.4 Å². The summed E-state index contributed by atoms with van der Waals surface area (Å²) in [6.45, 7) is 3.41. The third kappa shape index (κ3) is 9.96. The molecular weight excluding hydrogens is 131 g/mol. The molecule has 0 fully saturated rings. The van der Waals surface area contributed by atoms with Crippen molar-refractivity contribution < 1.29 is 61.3 Å². The molecule has 0 aliphatic rings. The van der Waals surface area contributed by atoms with Gasteiger partial charge in [-0.25, -0.2) is 0 Å². The first-order chi connectivity index (χ1) is 3.13. The van der Waals surface area contributed by atoms with E-state index in [1.54, 1.807) is 13.8 Å². The number of carbonyl (C=O) groups is 1. The summed E-state index contributed by atoms with van der Waals surface area (Å²) in [4.78, 5) is 9.62. The van der Waals surface area contributed by atoms with E-state index in [9.17, 15) is 9.90 Å². The Balaban J connectivity index is 0. The van der Waals surface area contributed by atoms with E-state index in [1.165, 1.54) is 0 Å². The molecule has 0 aromatic rings. The maximum Gasteiger partial charge on any atom is 1.00 e. The van der Waals surface area contributed by atoms with Gasteiger partial charge in [0, 0.05) is 0 Å². The van der Waals surface area contributed by atoms with Crippen LogP contribution < -0.4 is 56.5 Å². The Hall–Kier alpha value is 0.846. The Labute approximate surface area is 91.4 Å². The predicted molar refractivity (Wildman–Crippen MR) is 24.4 cm³/mol. The Bertz CT molecular complexity index is 103. The van der Waals surface area contributed by atoms with Gasteiger partial charge in [-0.05, 0) is 19.9 Å². The van der Waals surface area contributed by atoms with Crippen LogP contribution in [0.1, 0.15) is 13.8 Å². The molecule has 0 amide bonds. The van der Waals surface area contributed by atoms with E-state index in [0.717, 1.165) is 11.6 Å². The standard InChI is InChI=1S/C5H8O2.K/c1-4(2)3-5(6)7;/h3H,1-2H3,(H,6,7);/q;+1/p-1. The largest absolute Gasteiger partial charge is 1.00 e. The van der Waals surface area contributed by atoms with Crippen molar-refractivity contribution in [3.63, 3.8) is 0 Å². The Morgan fingerprint density at radius 2 is 1.88 bits per heavy atom. The summed E-state index contributed by atoms with van der Waals surface area (Å²) >= 11 is 0. The monoisotopic (exact) mass is 138 g/mol. The summed E-state index contributed by atoms with van der Waals surface area (Å²) in [5, 5.41) is 9.62. The van der Waals surface area contributed by atoms with E-state index in [2.05, 4.69) is 0 Å². The number of carboxylic acids is 1. The average Bonchev–Trinajstić information content (AvgIpc) is 1.27. The maximum absolute atomic E-state index is 9.62. The van der Waals surface area contributed by atoms with Gasteiger partial charge in [0.1, 0.15) is 0 Å². The van der Waals surface area contributed by atoms with Crippen LogP contribution in [-0.4, -0.2) is 5.97 Å². The van der Waals surface area contributed by atoms with Gasteiger partial charge in [0.15, 0.2) is 0 Å². The Kier molecular flexibility index (Phi) is 8.68. The zero-order valence-corrected chi connectivity index (χ0v) is 8.52. The van der Waals surface area contributed by atoms with Crippen LogP contribution in [0.5, 0.6) is 0 Å². The van der Waals surface area contributed by atoms with E-state index in [-0.39, 0.29) is 51.4 Å². The molecule has 0 aliphatic heterocycles. The summed E-state index contributed by atoms with van der Waals surface area (Å²) < 4.78 is 0. The number of carbonyl (C=O) groups excluding carboxylic acids is 1. The fourth-order valence-electron chi connectivity index (χ4n) is 0.236. The van der Waals surface area contributed by atoms with E-state index in [0.29, 0.717) is 0 Å². The van der Waals surface area contributed by atoms with Gasteiger partial charge in [-0.1, -0.05) is 5.57 Å². The van der Waals surface area contributed by atoms with Crippen molar-refractivity contribution in [2.24, 2.45) is 0 Å². The minimum absolute atomic E-state index is 0. The van der Waals surface area contributed by atoms with Crippen LogP contribution in [0.15, 0.2) is 11.6 Å². The first-order valence-corrected chi connectivity index (χ1v) is 1.99. The van der Waals surface area contributed by atoms with Gasteiger partial charge < -0.3 is 9.90 Å². The number of rotatable bonds is 1. The van der Waals surface area contributed by atoms with Gasteiger partial charge in [-0.3, -0.25) is 0 Å². The Morgan fingerprint density at radius 3 is 1.88 bits per heavy atom. The molecule has 2 nitrogen and oxygen atoms in total. The quantitative estimate of drug-likeness (QED) is 0.281. The van der Waals surface area contributed by atoms with Crippen LogP contribution in [0.25, 0.3) is 0 Å². The van der Waals surface area contributed by atoms with Crippen LogP contribution in [0.3, 0.4) is 0 Å². The van der Waals surface area contributed by atoms with Gasteiger partial charge in [-0.2, -0.15) is 0 Å². The number of hydrogen-bond donors (Lipinski definition) is 0. The second-order valence-electron chi connectivity index (χ2n) is 1.54. The molecule has 0 bridgehead atoms. The summed E-state index contributed by atoms with van der Waals surface area (Å²) in [5.41, 5.74) is 0.750. The second-order valence-corrected chi connectivity index (χ2v) is 1.54. The molecular formula is C5H7KO2. The van der Waals surface area contributed by atoms with Crippen LogP contribution in [0, 0.1) is 0 Å². The van der Waals surface area contributed by atoms with Gasteiger partial charge in [-0.15, -0.1) is 0 Å². The molecule has 0 heterocycles. The minimum Gasteiger partial charge on any atom is -0.545 e. The summed E-state index contributed by atoms with van der Waals surface area (Å²) in [5.74, 6) is -1.12. The van der Waals surface area contributed by atoms with E-state index >= 15 is 0 Å². The SMILES string of the molecule is CC(C)=CC(=O)[O-].[K+]. The minimum atomic E-state index is -1.12. The van der Waals surface area contributed by atoms with E-state index in [1.807, 2.05) is 0 Å². The molecule has 0 atom stereocenters. The average molecular weight is 138 g/mol. The molecule has 3 heteroatoms. The van der Waals surface area contributed by atoms with Crippen LogP contribution in [0.4, 0.5) is 0 Å². The molecule has 0 saturated heterocycles. The summed E-state index contributed by atoms with van der Waals surface area (Å²) in [6, 6.07) is 0. The van der Waals surface area contributed by atoms with Crippen molar-refractivity contribution in [2.45, 2.75) is 13.8 Å². The van der Waals surface area contributed by atoms with Crippen molar-refractivity contribution >= 4 is 5.97 Å². The molecule has 0 aromatic carbocycles. The van der Waals surface area contributed by atoms with Gasteiger partial charge in [0.25, 0.3) is 0 Å².